The standard InChI is InChI=1S/C8H18N2O3/c1-2-13-8(11)7-12-6-5-10-4-3-9/h10H,2-7,9H2,1H3. The molecule has 0 heterocycles. The van der Waals surface area contributed by atoms with E-state index in [1.54, 1.807) is 6.92 Å². The smallest absolute Gasteiger partial charge is 0.332 e. The summed E-state index contributed by atoms with van der Waals surface area (Å²) in [7, 11) is 0. The van der Waals surface area contributed by atoms with Crippen LogP contribution in [0.15, 0.2) is 0 Å². The molecule has 13 heavy (non-hydrogen) atoms. The van der Waals surface area contributed by atoms with E-state index in [1.165, 1.54) is 0 Å². The maximum Gasteiger partial charge on any atom is 0.332 e. The van der Waals surface area contributed by atoms with Crippen molar-refractivity contribution in [3.05, 3.63) is 0 Å². The van der Waals surface area contributed by atoms with Crippen molar-refractivity contribution in [3.8, 4) is 0 Å². The summed E-state index contributed by atoms with van der Waals surface area (Å²) in [4.78, 5) is 10.7. The second-order valence-corrected chi connectivity index (χ2v) is 2.40. The van der Waals surface area contributed by atoms with Gasteiger partial charge in [-0.2, -0.15) is 0 Å². The van der Waals surface area contributed by atoms with Gasteiger partial charge in [0, 0.05) is 19.6 Å². The molecule has 0 aliphatic carbocycles. The van der Waals surface area contributed by atoms with Gasteiger partial charge in [0.1, 0.15) is 6.61 Å². The zero-order chi connectivity index (χ0) is 9.94. The summed E-state index contributed by atoms with van der Waals surface area (Å²) in [5, 5.41) is 3.04. The fourth-order valence-corrected chi connectivity index (χ4v) is 0.730. The van der Waals surface area contributed by atoms with Crippen molar-refractivity contribution in [3.63, 3.8) is 0 Å². The van der Waals surface area contributed by atoms with E-state index in [-0.39, 0.29) is 12.6 Å². The Kier molecular flexibility index (Phi) is 8.97. The van der Waals surface area contributed by atoms with Crippen LogP contribution in [0.25, 0.3) is 0 Å². The Morgan fingerprint density at radius 2 is 2.23 bits per heavy atom. The molecule has 0 aromatic rings. The molecule has 0 rings (SSSR count). The van der Waals surface area contributed by atoms with E-state index in [1.807, 2.05) is 0 Å². The Morgan fingerprint density at radius 1 is 1.46 bits per heavy atom. The zero-order valence-corrected chi connectivity index (χ0v) is 8.04. The third kappa shape index (κ3) is 9.26. The van der Waals surface area contributed by atoms with Crippen molar-refractivity contribution in [1.29, 1.82) is 0 Å². The molecule has 0 aromatic carbocycles. The monoisotopic (exact) mass is 190 g/mol. The van der Waals surface area contributed by atoms with Crippen LogP contribution in [0.1, 0.15) is 6.92 Å². The fourth-order valence-electron chi connectivity index (χ4n) is 0.730. The first-order valence-corrected chi connectivity index (χ1v) is 4.45. The molecule has 0 fully saturated rings. The van der Waals surface area contributed by atoms with Gasteiger partial charge >= 0.3 is 5.97 Å². The molecule has 5 nitrogen and oxygen atoms in total. The molecule has 0 saturated heterocycles. The van der Waals surface area contributed by atoms with Crippen LogP contribution in [0.5, 0.6) is 0 Å². The van der Waals surface area contributed by atoms with E-state index in [0.29, 0.717) is 26.3 Å². The van der Waals surface area contributed by atoms with Crippen LogP contribution in [-0.4, -0.2) is 45.4 Å². The minimum Gasteiger partial charge on any atom is -0.464 e. The number of rotatable bonds is 8. The van der Waals surface area contributed by atoms with Crippen molar-refractivity contribution in [2.24, 2.45) is 5.73 Å². The fraction of sp³-hybridized carbons (Fsp3) is 0.875. The van der Waals surface area contributed by atoms with Crippen molar-refractivity contribution in [2.45, 2.75) is 6.92 Å². The van der Waals surface area contributed by atoms with Crippen LogP contribution in [0.4, 0.5) is 0 Å². The number of hydrogen-bond acceptors (Lipinski definition) is 5. The average molecular weight is 190 g/mol. The second kappa shape index (κ2) is 9.44. The summed E-state index contributed by atoms with van der Waals surface area (Å²) >= 11 is 0. The Hall–Kier alpha value is -0.650. The highest BCUT2D eigenvalue weighted by atomic mass is 16.6. The summed E-state index contributed by atoms with van der Waals surface area (Å²) in [6.45, 7) is 4.77. The maximum atomic E-state index is 10.7. The molecule has 0 aromatic heterocycles. The summed E-state index contributed by atoms with van der Waals surface area (Å²) in [6.07, 6.45) is 0. The van der Waals surface area contributed by atoms with Gasteiger partial charge in [-0.3, -0.25) is 0 Å². The maximum absolute atomic E-state index is 10.7. The third-order valence-corrected chi connectivity index (χ3v) is 1.27. The minimum atomic E-state index is -0.318. The van der Waals surface area contributed by atoms with Crippen LogP contribution in [0, 0.1) is 0 Å². The number of carbonyl (C=O) groups is 1. The van der Waals surface area contributed by atoms with Gasteiger partial charge in [-0.1, -0.05) is 0 Å². The first-order chi connectivity index (χ1) is 6.31. The van der Waals surface area contributed by atoms with Gasteiger partial charge in [0.15, 0.2) is 0 Å². The van der Waals surface area contributed by atoms with E-state index in [4.69, 9.17) is 10.5 Å². The lowest BCUT2D eigenvalue weighted by Crippen LogP contribution is -2.26. The highest BCUT2D eigenvalue weighted by molar-refractivity contribution is 5.70. The summed E-state index contributed by atoms with van der Waals surface area (Å²) in [5.41, 5.74) is 5.25. The van der Waals surface area contributed by atoms with Gasteiger partial charge in [0.25, 0.3) is 0 Å². The minimum absolute atomic E-state index is 0.0259. The van der Waals surface area contributed by atoms with E-state index in [2.05, 4.69) is 10.1 Å². The first-order valence-electron chi connectivity index (χ1n) is 4.45. The summed E-state index contributed by atoms with van der Waals surface area (Å²) < 4.78 is 9.68. The summed E-state index contributed by atoms with van der Waals surface area (Å²) in [5.74, 6) is -0.318. The van der Waals surface area contributed by atoms with Gasteiger partial charge in [0.05, 0.1) is 13.2 Å². The number of esters is 1. The zero-order valence-electron chi connectivity index (χ0n) is 8.04. The topological polar surface area (TPSA) is 73.6 Å². The van der Waals surface area contributed by atoms with Crippen LogP contribution in [0.3, 0.4) is 0 Å². The predicted molar refractivity (Wildman–Crippen MR) is 49.4 cm³/mol. The van der Waals surface area contributed by atoms with Crippen molar-refractivity contribution < 1.29 is 14.3 Å². The van der Waals surface area contributed by atoms with E-state index < -0.39 is 0 Å². The third-order valence-electron chi connectivity index (χ3n) is 1.27. The lowest BCUT2D eigenvalue weighted by molar-refractivity contribution is -0.148. The normalized spacial score (nSPS) is 10.0. The molecule has 0 aliphatic heterocycles. The van der Waals surface area contributed by atoms with Crippen molar-refractivity contribution in [1.82, 2.24) is 5.32 Å². The van der Waals surface area contributed by atoms with Gasteiger partial charge < -0.3 is 20.5 Å². The highest BCUT2D eigenvalue weighted by Gasteiger charge is 1.99. The van der Waals surface area contributed by atoms with Crippen LogP contribution in [0.2, 0.25) is 0 Å². The van der Waals surface area contributed by atoms with E-state index >= 15 is 0 Å². The van der Waals surface area contributed by atoms with Gasteiger partial charge in [-0.15, -0.1) is 0 Å². The number of nitrogens with two attached hydrogens (primary N) is 1. The Labute approximate surface area is 78.6 Å². The van der Waals surface area contributed by atoms with Crippen molar-refractivity contribution in [2.75, 3.05) is 39.5 Å². The molecule has 0 amide bonds. The SMILES string of the molecule is CCOC(=O)COCCNCCN. The van der Waals surface area contributed by atoms with Gasteiger partial charge in [0.2, 0.25) is 0 Å². The van der Waals surface area contributed by atoms with Crippen LogP contribution in [-0.2, 0) is 14.3 Å². The van der Waals surface area contributed by atoms with E-state index in [0.717, 1.165) is 6.54 Å². The Morgan fingerprint density at radius 3 is 2.85 bits per heavy atom. The second-order valence-electron chi connectivity index (χ2n) is 2.40. The molecular formula is C8H18N2O3. The number of carbonyl (C=O) groups excluding carboxylic acids is 1. The molecule has 0 spiro atoms. The Balaban J connectivity index is 3.02. The quantitative estimate of drug-likeness (QED) is 0.384. The van der Waals surface area contributed by atoms with E-state index in [9.17, 15) is 4.79 Å². The average Bonchev–Trinajstić information content (AvgIpc) is 2.11. The molecular weight excluding hydrogens is 172 g/mol. The highest BCUT2D eigenvalue weighted by Crippen LogP contribution is 1.80. The molecule has 3 N–H and O–H groups in total. The lowest BCUT2D eigenvalue weighted by Gasteiger charge is -2.04. The number of nitrogens with one attached hydrogen (secondary N) is 1. The molecule has 0 atom stereocenters. The van der Waals surface area contributed by atoms with Crippen LogP contribution < -0.4 is 11.1 Å². The molecule has 5 heteroatoms. The molecule has 0 aliphatic rings. The molecule has 0 bridgehead atoms. The first kappa shape index (κ1) is 12.3. The largest absolute Gasteiger partial charge is 0.464 e. The summed E-state index contributed by atoms with van der Waals surface area (Å²) in [6, 6.07) is 0. The molecule has 0 radical (unpaired) electrons. The number of hydrogen-bond donors (Lipinski definition) is 2. The Bertz CT molecular complexity index is 131. The molecule has 78 valence electrons. The lowest BCUT2D eigenvalue weighted by atomic mass is 10.6. The van der Waals surface area contributed by atoms with Gasteiger partial charge in [-0.25, -0.2) is 4.79 Å². The van der Waals surface area contributed by atoms with Gasteiger partial charge in [-0.05, 0) is 6.92 Å². The van der Waals surface area contributed by atoms with Crippen molar-refractivity contribution >= 4 is 5.97 Å². The molecule has 0 saturated carbocycles. The predicted octanol–water partition coefficient (Wildman–Crippen LogP) is -0.886. The van der Waals surface area contributed by atoms with Crippen LogP contribution >= 0.6 is 0 Å². The number of ether oxygens (including phenoxy) is 2. The molecule has 0 unspecified atom stereocenters.